The van der Waals surface area contributed by atoms with Crippen LogP contribution in [0.1, 0.15) is 45.6 Å². The van der Waals surface area contributed by atoms with E-state index >= 15 is 0 Å². The summed E-state index contributed by atoms with van der Waals surface area (Å²) in [6.07, 6.45) is 2.06. The molecule has 0 saturated heterocycles. The first-order chi connectivity index (χ1) is 15.7. The molecule has 0 aromatic heterocycles. The van der Waals surface area contributed by atoms with Gasteiger partial charge in [0.1, 0.15) is 6.10 Å². The van der Waals surface area contributed by atoms with Gasteiger partial charge in [0.25, 0.3) is 0 Å². The third kappa shape index (κ3) is 4.48. The van der Waals surface area contributed by atoms with Crippen molar-refractivity contribution in [1.82, 2.24) is 0 Å². The quantitative estimate of drug-likeness (QED) is 0.192. The number of carbonyl (C=O) groups is 1. The standard InChI is InChI=1S/C26H21Cl4NO2/c1-4-14-5-7-15(8-6-14)18(16-9-11-17(12-10-16)31(2)3)13-19-20-21(26(32)33-19)23(28)25(30)24(29)22(20)27/h5-13,19H,4H2,1-3H3/b18-13-. The number of anilines is 1. The highest BCUT2D eigenvalue weighted by molar-refractivity contribution is 6.53. The van der Waals surface area contributed by atoms with E-state index < -0.39 is 12.1 Å². The topological polar surface area (TPSA) is 29.5 Å². The van der Waals surface area contributed by atoms with Crippen molar-refractivity contribution < 1.29 is 9.53 Å². The summed E-state index contributed by atoms with van der Waals surface area (Å²) in [7, 11) is 3.98. The number of fused-ring (bicyclic) bond motifs is 1. The van der Waals surface area contributed by atoms with Gasteiger partial charge in [0.15, 0.2) is 0 Å². The molecule has 0 radical (unpaired) electrons. The molecule has 3 aromatic carbocycles. The van der Waals surface area contributed by atoms with Gasteiger partial charge in [-0.2, -0.15) is 0 Å². The maximum absolute atomic E-state index is 12.7. The van der Waals surface area contributed by atoms with E-state index in [-0.39, 0.29) is 25.7 Å². The monoisotopic (exact) mass is 519 g/mol. The van der Waals surface area contributed by atoms with Crippen LogP contribution in [0.4, 0.5) is 5.69 Å². The van der Waals surface area contributed by atoms with E-state index in [0.717, 1.165) is 28.8 Å². The van der Waals surface area contributed by atoms with Crippen LogP contribution in [0.15, 0.2) is 54.6 Å². The lowest BCUT2D eigenvalue weighted by atomic mass is 9.93. The van der Waals surface area contributed by atoms with Gasteiger partial charge in [-0.3, -0.25) is 0 Å². The number of benzene rings is 3. The molecule has 7 heteroatoms. The molecule has 3 aromatic rings. The summed E-state index contributed by atoms with van der Waals surface area (Å²) in [6, 6.07) is 16.5. The molecule has 1 unspecified atom stereocenters. The summed E-state index contributed by atoms with van der Waals surface area (Å²) >= 11 is 25.3. The molecular weight excluding hydrogens is 500 g/mol. The van der Waals surface area contributed by atoms with Crippen molar-refractivity contribution in [3.05, 3.63) is 103 Å². The van der Waals surface area contributed by atoms with Gasteiger partial charge in [-0.05, 0) is 46.9 Å². The molecule has 170 valence electrons. The van der Waals surface area contributed by atoms with E-state index in [1.54, 1.807) is 0 Å². The van der Waals surface area contributed by atoms with Crippen LogP contribution in [0.5, 0.6) is 0 Å². The number of hydrogen-bond donors (Lipinski definition) is 0. The molecular formula is C26H21Cl4NO2. The Labute approximate surface area is 213 Å². The molecule has 4 rings (SSSR count). The van der Waals surface area contributed by atoms with Crippen LogP contribution in [0, 0.1) is 0 Å². The average molecular weight is 521 g/mol. The summed E-state index contributed by atoms with van der Waals surface area (Å²) in [5.74, 6) is -0.583. The number of halogens is 4. The molecule has 1 heterocycles. The third-order valence-corrected chi connectivity index (χ3v) is 7.53. The molecule has 0 fully saturated rings. The van der Waals surface area contributed by atoms with Gasteiger partial charge >= 0.3 is 5.97 Å². The maximum atomic E-state index is 12.7. The Kier molecular flexibility index (Phi) is 6.97. The number of ether oxygens (including phenoxy) is 1. The largest absolute Gasteiger partial charge is 0.449 e. The second kappa shape index (κ2) is 9.60. The van der Waals surface area contributed by atoms with Gasteiger partial charge in [0, 0.05) is 25.3 Å². The summed E-state index contributed by atoms with van der Waals surface area (Å²) in [4.78, 5) is 14.7. The van der Waals surface area contributed by atoms with E-state index in [1.807, 2.05) is 49.3 Å². The Hall–Kier alpha value is -2.17. The first-order valence-electron chi connectivity index (χ1n) is 10.4. The van der Waals surface area contributed by atoms with Gasteiger partial charge in [0.05, 0.1) is 25.7 Å². The van der Waals surface area contributed by atoms with Crippen molar-refractivity contribution in [1.29, 1.82) is 0 Å². The average Bonchev–Trinajstić information content (AvgIpc) is 3.15. The van der Waals surface area contributed by atoms with E-state index in [4.69, 9.17) is 51.1 Å². The fraction of sp³-hybridized carbons (Fsp3) is 0.192. The van der Waals surface area contributed by atoms with Gasteiger partial charge in [0.2, 0.25) is 0 Å². The Morgan fingerprint density at radius 2 is 1.42 bits per heavy atom. The minimum atomic E-state index is -0.762. The van der Waals surface area contributed by atoms with E-state index in [1.165, 1.54) is 5.56 Å². The number of hydrogen-bond acceptors (Lipinski definition) is 3. The van der Waals surface area contributed by atoms with Crippen LogP contribution in [-0.2, 0) is 11.2 Å². The van der Waals surface area contributed by atoms with Gasteiger partial charge in [-0.15, -0.1) is 0 Å². The second-order valence-electron chi connectivity index (χ2n) is 7.94. The lowest BCUT2D eigenvalue weighted by Crippen LogP contribution is -2.08. The van der Waals surface area contributed by atoms with Crippen molar-refractivity contribution in [2.45, 2.75) is 19.4 Å². The van der Waals surface area contributed by atoms with Crippen LogP contribution in [0.2, 0.25) is 20.1 Å². The molecule has 3 nitrogen and oxygen atoms in total. The second-order valence-corrected chi connectivity index (χ2v) is 9.45. The Balaban J connectivity index is 1.89. The first kappa shape index (κ1) is 24.0. The van der Waals surface area contributed by atoms with Crippen molar-refractivity contribution >= 4 is 63.6 Å². The molecule has 1 atom stereocenters. The number of rotatable bonds is 5. The highest BCUT2D eigenvalue weighted by atomic mass is 35.5. The number of esters is 1. The zero-order chi connectivity index (χ0) is 23.9. The molecule has 0 saturated carbocycles. The Morgan fingerprint density at radius 1 is 0.879 bits per heavy atom. The third-order valence-electron chi connectivity index (χ3n) is 5.71. The van der Waals surface area contributed by atoms with Crippen molar-refractivity contribution in [2.24, 2.45) is 0 Å². The highest BCUT2D eigenvalue weighted by Gasteiger charge is 2.37. The van der Waals surface area contributed by atoms with Crippen LogP contribution in [0.25, 0.3) is 5.57 Å². The lowest BCUT2D eigenvalue weighted by molar-refractivity contribution is 0.0468. The number of nitrogens with zero attached hydrogens (tertiary/aromatic N) is 1. The summed E-state index contributed by atoms with van der Waals surface area (Å²) in [5, 5.41) is 0.351. The maximum Gasteiger partial charge on any atom is 0.341 e. The molecule has 33 heavy (non-hydrogen) atoms. The van der Waals surface area contributed by atoms with Crippen LogP contribution in [0.3, 0.4) is 0 Å². The first-order valence-corrected chi connectivity index (χ1v) is 11.9. The molecule has 1 aliphatic rings. The van der Waals surface area contributed by atoms with E-state index in [0.29, 0.717) is 5.56 Å². The Bertz CT molecular complexity index is 1250. The molecule has 0 amide bonds. The zero-order valence-electron chi connectivity index (χ0n) is 18.3. The van der Waals surface area contributed by atoms with Crippen LogP contribution >= 0.6 is 46.4 Å². The minimum Gasteiger partial charge on any atom is -0.449 e. The minimum absolute atomic E-state index is 0.0401. The lowest BCUT2D eigenvalue weighted by Gasteiger charge is -2.16. The van der Waals surface area contributed by atoms with Crippen LogP contribution in [-0.4, -0.2) is 20.1 Å². The van der Waals surface area contributed by atoms with E-state index in [2.05, 4.69) is 31.2 Å². The summed E-state index contributed by atoms with van der Waals surface area (Å²) in [5.41, 5.74) is 5.73. The van der Waals surface area contributed by atoms with Crippen molar-refractivity contribution in [2.75, 3.05) is 19.0 Å². The van der Waals surface area contributed by atoms with Gasteiger partial charge < -0.3 is 9.64 Å². The van der Waals surface area contributed by atoms with Crippen LogP contribution < -0.4 is 4.90 Å². The molecule has 0 N–H and O–H groups in total. The number of carbonyl (C=O) groups excluding carboxylic acids is 1. The van der Waals surface area contributed by atoms with Gasteiger partial charge in [-0.25, -0.2) is 4.79 Å². The molecule has 1 aliphatic heterocycles. The normalized spacial score (nSPS) is 15.4. The number of cyclic esters (lactones) is 1. The zero-order valence-corrected chi connectivity index (χ0v) is 21.3. The fourth-order valence-corrected chi connectivity index (χ4v) is 4.89. The fourth-order valence-electron chi connectivity index (χ4n) is 3.84. The summed E-state index contributed by atoms with van der Waals surface area (Å²) < 4.78 is 5.67. The predicted molar refractivity (Wildman–Crippen MR) is 138 cm³/mol. The number of aryl methyl sites for hydroxylation is 1. The van der Waals surface area contributed by atoms with Crippen molar-refractivity contribution in [3.8, 4) is 0 Å². The SMILES string of the molecule is CCc1ccc(/C(=C/C2OC(=O)c3c(Cl)c(Cl)c(Cl)c(Cl)c32)c2ccc(N(C)C)cc2)cc1. The Morgan fingerprint density at radius 3 is 1.97 bits per heavy atom. The smallest absolute Gasteiger partial charge is 0.341 e. The highest BCUT2D eigenvalue weighted by Crippen LogP contribution is 2.49. The molecule has 0 bridgehead atoms. The predicted octanol–water partition coefficient (Wildman–Crippen LogP) is 8.27. The van der Waals surface area contributed by atoms with Crippen molar-refractivity contribution in [3.63, 3.8) is 0 Å². The van der Waals surface area contributed by atoms with Gasteiger partial charge in [-0.1, -0.05) is 89.7 Å². The molecule has 0 spiro atoms. The van der Waals surface area contributed by atoms with E-state index in [9.17, 15) is 4.79 Å². The molecule has 0 aliphatic carbocycles. The summed E-state index contributed by atoms with van der Waals surface area (Å²) in [6.45, 7) is 2.11.